The Morgan fingerprint density at radius 3 is 1.31 bits per heavy atom. The van der Waals surface area contributed by atoms with Crippen molar-refractivity contribution < 1.29 is 4.39 Å². The summed E-state index contributed by atoms with van der Waals surface area (Å²) in [6, 6.07) is 49.0. The minimum Gasteiger partial charge on any atom is -0.353 e. The maximum Gasteiger partial charge on any atom is 0.123 e. The van der Waals surface area contributed by atoms with Crippen LogP contribution in [0.2, 0.25) is 0 Å². The van der Waals surface area contributed by atoms with Crippen LogP contribution in [0.4, 0.5) is 4.39 Å². The van der Waals surface area contributed by atoms with Crippen LogP contribution in [-0.2, 0) is 32.1 Å². The molecule has 18 heterocycles. The van der Waals surface area contributed by atoms with Gasteiger partial charge in [0, 0.05) is 219 Å². The Morgan fingerprint density at radius 1 is 0.380 bits per heavy atom. The summed E-state index contributed by atoms with van der Waals surface area (Å²) < 4.78 is 14.2. The quantitative estimate of drug-likeness (QED) is 0.125. The highest BCUT2D eigenvalue weighted by molar-refractivity contribution is 7.19. The fraction of sp³-hybridized carbons (Fsp3) is 0.301. The number of nitrogens with one attached hydrogen (secondary N) is 2. The molecule has 14 nitrogen and oxygen atoms in total. The first kappa shape index (κ1) is 100. The summed E-state index contributed by atoms with van der Waals surface area (Å²) in [5.74, 6) is 1.89. The third kappa shape index (κ3) is 27.5. The maximum absolute atomic E-state index is 12.9. The first-order chi connectivity index (χ1) is 66.7. The van der Waals surface area contributed by atoms with Crippen molar-refractivity contribution in [3.8, 4) is 20.9 Å². The predicted molar refractivity (Wildman–Crippen MR) is 599 cm³/mol. The zero-order chi connectivity index (χ0) is 95.5. The average Bonchev–Trinajstić information content (AvgIpc) is 1.62. The topological polar surface area (TPSA) is 145 Å². The van der Waals surface area contributed by atoms with Crippen molar-refractivity contribution in [2.24, 2.45) is 44.9 Å². The molecule has 0 amide bonds. The monoisotopic (exact) mass is 1980 g/mol. The molecule has 706 valence electrons. The number of aryl methyl sites for hydroxylation is 11. The van der Waals surface area contributed by atoms with E-state index in [-0.39, 0.29) is 36.0 Å². The second kappa shape index (κ2) is 49.9. The first-order valence-electron chi connectivity index (χ1n) is 47.2. The van der Waals surface area contributed by atoms with Crippen LogP contribution in [0.3, 0.4) is 0 Å². The summed E-state index contributed by atoms with van der Waals surface area (Å²) in [6.45, 7) is 21.8. The van der Waals surface area contributed by atoms with E-state index in [1.807, 2.05) is 220 Å². The molecule has 11 aliphatic rings. The molecule has 9 unspecified atom stereocenters. The zero-order valence-electron chi connectivity index (χ0n) is 80.4. The Morgan fingerprint density at radius 2 is 0.839 bits per heavy atom. The molecule has 23 rings (SSSR count). The number of thiophene rings is 9. The van der Waals surface area contributed by atoms with Crippen molar-refractivity contribution in [2.45, 2.75) is 200 Å². The summed E-state index contributed by atoms with van der Waals surface area (Å²) in [6.07, 6.45) is 66.5. The average molecular weight is 1980 g/mol. The van der Waals surface area contributed by atoms with E-state index < -0.39 is 0 Å². The molecule has 9 aliphatic heterocycles. The number of nitrogens with zero attached hydrogens (tertiary/aromatic N) is 12. The lowest BCUT2D eigenvalue weighted by Crippen LogP contribution is -2.16. The van der Waals surface area contributed by atoms with Crippen molar-refractivity contribution in [3.05, 3.63) is 367 Å². The molecule has 9 aromatic heterocycles. The summed E-state index contributed by atoms with van der Waals surface area (Å²) in [7, 11) is 5.99. The molecule has 9 atom stereocenters. The number of hydrogen-bond donors (Lipinski definition) is 2. The number of halogens is 1. The number of fused-ring (bicyclic) bond motifs is 3. The summed E-state index contributed by atoms with van der Waals surface area (Å²) >= 11 is 16.9. The normalized spacial score (nSPS) is 20.5. The fourth-order valence-corrected chi connectivity index (χ4v) is 27.6. The van der Waals surface area contributed by atoms with Crippen molar-refractivity contribution in [2.75, 3.05) is 21.1 Å². The maximum atomic E-state index is 12.9. The van der Waals surface area contributed by atoms with Gasteiger partial charge in [-0.3, -0.25) is 44.9 Å². The van der Waals surface area contributed by atoms with Gasteiger partial charge in [0.15, 0.2) is 0 Å². The van der Waals surface area contributed by atoms with Gasteiger partial charge in [-0.25, -0.2) is 4.39 Å². The molecule has 137 heavy (non-hydrogen) atoms. The first-order valence-corrected chi connectivity index (χ1v) is 54.5. The Balaban J connectivity index is 0.000000117. The van der Waals surface area contributed by atoms with E-state index in [1.165, 1.54) is 179 Å². The molecule has 24 heteroatoms. The van der Waals surface area contributed by atoms with E-state index in [1.54, 1.807) is 44.9 Å². The number of rotatable bonds is 12. The fourth-order valence-electron chi connectivity index (χ4n) is 17.7. The minimum absolute atomic E-state index is 0.169. The second-order valence-electron chi connectivity index (χ2n) is 34.9. The summed E-state index contributed by atoms with van der Waals surface area (Å²) in [5.41, 5.74) is 13.9. The molecule has 2 N–H and O–H groups in total. The van der Waals surface area contributed by atoms with E-state index in [4.69, 9.17) is 0 Å². The number of aliphatic imine (C=N–C) groups is 9. The van der Waals surface area contributed by atoms with E-state index in [9.17, 15) is 4.39 Å². The van der Waals surface area contributed by atoms with Crippen molar-refractivity contribution in [1.29, 1.82) is 0 Å². The molecule has 0 saturated heterocycles. The Bertz CT molecular complexity index is 6560. The van der Waals surface area contributed by atoms with Gasteiger partial charge in [-0.2, -0.15) is 0 Å². The van der Waals surface area contributed by atoms with Gasteiger partial charge in [0.2, 0.25) is 0 Å². The van der Waals surface area contributed by atoms with Crippen LogP contribution in [-0.4, -0.2) is 92.4 Å². The van der Waals surface area contributed by atoms with E-state index >= 15 is 0 Å². The van der Waals surface area contributed by atoms with Crippen molar-refractivity contribution in [3.63, 3.8) is 0 Å². The number of benzene rings is 3. The Hall–Kier alpha value is -11.2. The number of allylic oxidation sites excluding steroid dienone is 4. The van der Waals surface area contributed by atoms with Crippen LogP contribution in [0.5, 0.6) is 0 Å². The lowest BCUT2D eigenvalue weighted by molar-refractivity contribution is 0.628. The smallest absolute Gasteiger partial charge is 0.123 e. The molecule has 12 aromatic rings. The lowest BCUT2D eigenvalue weighted by Gasteiger charge is -2.21. The van der Waals surface area contributed by atoms with Crippen LogP contribution in [0, 0.1) is 61.2 Å². The Labute approximate surface area is 845 Å². The SMILES string of the molecule is C1=CC(c2ccc(-c3ccccc3)s2)CC=N1.CC1=CN(C)C=NC1c1cc(C)sc1C.CCc1ccc(C2C=CN=CC2)s1.Cc1cc(C2C=CN(C)C=N2)c(C)s1.Cc1ccc(C2C=CN=CC2)s1.Cc1sc2c(c1C1C=CNC=N1)CCC2.Cc1sc2c(c1C1C=CNC=N1)CCCC2.Cc1sc2ccccc2c1C1C=CN(C)C=N1.Fc1ccc(-c2ccc(C3C=CN=CC3)s2)cc1. The van der Waals surface area contributed by atoms with Gasteiger partial charge in [-0.15, -0.1) is 102 Å². The van der Waals surface area contributed by atoms with Gasteiger partial charge in [-0.05, 0) is 298 Å². The van der Waals surface area contributed by atoms with E-state index in [0.717, 1.165) is 37.7 Å². The molecule has 3 aromatic carbocycles. The van der Waals surface area contributed by atoms with Gasteiger partial charge in [0.1, 0.15) is 11.9 Å². The highest BCUT2D eigenvalue weighted by Crippen LogP contribution is 2.45. The Kier molecular flexibility index (Phi) is 36.5. The largest absolute Gasteiger partial charge is 0.353 e. The van der Waals surface area contributed by atoms with Crippen LogP contribution >= 0.6 is 102 Å². The molecular weight excluding hydrogens is 1860 g/mol. The standard InChI is InChI=1S/C15H12FNS.C15H13NS.C14H14N2S.C13H16N2S.C12H14N2S.C12H16N2S.C11H14N2S.C11H13NS.C10H11NS/c16-13-3-1-11(2-4-13)14-5-6-15(18-14)12-7-9-17-10-8-12;1-2-4-12(5-3-1)14-6-7-15(17-14)13-8-10-16-11-9-13;1-10-14(12-7-8-16(2)9-15-12)11-5-3-4-6-13(11)17-10;1-9-13(11-6-7-14-8-15-11)10-4-2-3-5-12(10)16-9;1-8-12(10-5-6-13-7-14-10)9-3-2-4-11(9)15-8;1-8-6-14(4)7-13-12(8)11-5-9(2)15-10(11)3;1-8-6-10(9(2)14-8)11-4-5-13(3)7-12-11;1-2-10-3-4-11(13-10)9-5-7-12-8-6-9;1-8-2-3-10(12-8)9-4-6-11-7-5-9/h1-7,9-10,12H,8H2;1-8,10-11,13H,9H2;3-9,12H,1-2H3;6-8,11H,2-5H2,1H3,(H,14,15);5-7,10H,2-4H2,1H3,(H,13,14);5-7,12H,1-4H3;4-7,11H,1-3H3;3-5,7-9H,2,6H2,1H3;2-4,6-7,9H,5H2,1H3. The number of hydrogen-bond acceptors (Lipinski definition) is 23. The summed E-state index contributed by atoms with van der Waals surface area (Å²) in [5, 5.41) is 7.34. The molecule has 0 bridgehead atoms. The van der Waals surface area contributed by atoms with Gasteiger partial charge in [0.25, 0.3) is 0 Å². The molecule has 0 radical (unpaired) electrons. The highest BCUT2D eigenvalue weighted by Gasteiger charge is 2.28. The van der Waals surface area contributed by atoms with Crippen LogP contribution in [0.1, 0.15) is 225 Å². The molecular formula is C113H123FN14S9. The second-order valence-corrected chi connectivity index (χ2v) is 46.4. The molecule has 2 aliphatic carbocycles. The van der Waals surface area contributed by atoms with Gasteiger partial charge < -0.3 is 25.3 Å². The zero-order valence-corrected chi connectivity index (χ0v) is 87.7. The van der Waals surface area contributed by atoms with Crippen LogP contribution in [0.25, 0.3) is 31.0 Å². The van der Waals surface area contributed by atoms with Crippen molar-refractivity contribution in [1.82, 2.24) is 25.3 Å². The van der Waals surface area contributed by atoms with E-state index in [0.29, 0.717) is 23.7 Å². The van der Waals surface area contributed by atoms with Gasteiger partial charge in [0.05, 0.1) is 55.9 Å². The molecule has 0 saturated carbocycles. The molecule has 0 spiro atoms. The van der Waals surface area contributed by atoms with Crippen LogP contribution in [0.15, 0.2) is 294 Å². The van der Waals surface area contributed by atoms with Gasteiger partial charge >= 0.3 is 0 Å². The van der Waals surface area contributed by atoms with E-state index in [2.05, 4.69) is 307 Å². The lowest BCUT2D eigenvalue weighted by atomic mass is 9.91. The van der Waals surface area contributed by atoms with Crippen LogP contribution < -0.4 is 10.6 Å². The molecule has 0 fully saturated rings. The van der Waals surface area contributed by atoms with Crippen molar-refractivity contribution >= 4 is 169 Å². The third-order valence-corrected chi connectivity index (χ3v) is 35.2. The summed E-state index contributed by atoms with van der Waals surface area (Å²) in [4.78, 5) is 69.0. The predicted octanol–water partition coefficient (Wildman–Crippen LogP) is 31.4. The highest BCUT2D eigenvalue weighted by atomic mass is 32.1. The van der Waals surface area contributed by atoms with Gasteiger partial charge in [-0.1, -0.05) is 91.9 Å². The third-order valence-electron chi connectivity index (χ3n) is 24.6. The minimum atomic E-state index is -0.193.